The number of para-hydroxylation sites is 2. The van der Waals surface area contributed by atoms with Crippen LogP contribution in [0.5, 0.6) is 23.1 Å². The molecule has 3 N–H and O–H groups in total. The maximum Gasteiger partial charge on any atom is 0.248 e. The maximum absolute atomic E-state index is 6.17. The van der Waals surface area contributed by atoms with Gasteiger partial charge >= 0.3 is 0 Å². The number of ether oxygens (including phenoxy) is 2. The van der Waals surface area contributed by atoms with Crippen LogP contribution < -0.4 is 20.5 Å². The zero-order chi connectivity index (χ0) is 19.2. The van der Waals surface area contributed by atoms with Crippen molar-refractivity contribution < 1.29 is 9.47 Å². The van der Waals surface area contributed by atoms with Gasteiger partial charge in [0.2, 0.25) is 5.88 Å². The second kappa shape index (κ2) is 8.09. The normalized spacial score (nSPS) is 10.3. The second-order valence-corrected chi connectivity index (χ2v) is 5.92. The van der Waals surface area contributed by atoms with Crippen LogP contribution in [-0.4, -0.2) is 9.97 Å². The highest BCUT2D eigenvalue weighted by molar-refractivity contribution is 5.72. The van der Waals surface area contributed by atoms with Crippen LogP contribution >= 0.6 is 0 Å². The lowest BCUT2D eigenvalue weighted by Gasteiger charge is -2.12. The molecule has 1 aromatic heterocycles. The number of benzene rings is 3. The Kier molecular flexibility index (Phi) is 5.02. The van der Waals surface area contributed by atoms with Gasteiger partial charge in [-0.1, -0.05) is 36.4 Å². The van der Waals surface area contributed by atoms with Crippen LogP contribution in [0.15, 0.2) is 91.3 Å². The van der Waals surface area contributed by atoms with Gasteiger partial charge in [0, 0.05) is 5.69 Å². The summed E-state index contributed by atoms with van der Waals surface area (Å²) >= 11 is 0. The van der Waals surface area contributed by atoms with Gasteiger partial charge in [-0.05, 0) is 48.5 Å². The van der Waals surface area contributed by atoms with E-state index >= 15 is 0 Å². The van der Waals surface area contributed by atoms with Crippen LogP contribution in [0.2, 0.25) is 0 Å². The first kappa shape index (κ1) is 17.4. The molecule has 0 bridgehead atoms. The zero-order valence-electron chi connectivity index (χ0n) is 14.9. The minimum atomic E-state index is 0.299. The predicted octanol–water partition coefficient (Wildman–Crippen LogP) is 5.39. The molecule has 0 atom stereocenters. The fourth-order valence-corrected chi connectivity index (χ4v) is 2.53. The summed E-state index contributed by atoms with van der Waals surface area (Å²) in [6, 6.07) is 26.5. The molecule has 0 saturated carbocycles. The number of anilines is 3. The van der Waals surface area contributed by atoms with E-state index in [4.69, 9.17) is 15.2 Å². The van der Waals surface area contributed by atoms with Crippen molar-refractivity contribution in [2.45, 2.75) is 0 Å². The molecule has 0 aliphatic heterocycles. The van der Waals surface area contributed by atoms with Gasteiger partial charge < -0.3 is 20.5 Å². The fourth-order valence-electron chi connectivity index (χ4n) is 2.53. The molecule has 4 aromatic rings. The molecular weight excluding hydrogens is 352 g/mol. The Morgan fingerprint density at radius 3 is 1.86 bits per heavy atom. The highest BCUT2D eigenvalue weighted by Gasteiger charge is 2.10. The van der Waals surface area contributed by atoms with Crippen molar-refractivity contribution in [3.05, 3.63) is 91.3 Å². The summed E-state index contributed by atoms with van der Waals surface area (Å²) in [6.07, 6.45) is 1.41. The van der Waals surface area contributed by atoms with Gasteiger partial charge in [-0.3, -0.25) is 0 Å². The predicted molar refractivity (Wildman–Crippen MR) is 109 cm³/mol. The summed E-state index contributed by atoms with van der Waals surface area (Å²) in [5.41, 5.74) is 7.32. The second-order valence-electron chi connectivity index (χ2n) is 5.92. The van der Waals surface area contributed by atoms with Crippen molar-refractivity contribution in [2.75, 3.05) is 11.1 Å². The molecule has 3 aromatic carbocycles. The van der Waals surface area contributed by atoms with Crippen LogP contribution in [0.25, 0.3) is 0 Å². The molecule has 4 rings (SSSR count). The summed E-state index contributed by atoms with van der Waals surface area (Å²) in [6.45, 7) is 0. The highest BCUT2D eigenvalue weighted by Crippen LogP contribution is 2.31. The van der Waals surface area contributed by atoms with Crippen LogP contribution in [0.3, 0.4) is 0 Å². The first-order chi connectivity index (χ1) is 13.8. The van der Waals surface area contributed by atoms with Gasteiger partial charge in [0.15, 0.2) is 5.82 Å². The smallest absolute Gasteiger partial charge is 0.248 e. The largest absolute Gasteiger partial charge is 0.457 e. The van der Waals surface area contributed by atoms with Gasteiger partial charge in [0.05, 0.1) is 0 Å². The number of hydrogen-bond acceptors (Lipinski definition) is 6. The third-order valence-electron chi connectivity index (χ3n) is 3.90. The summed E-state index contributed by atoms with van der Waals surface area (Å²) in [5, 5.41) is 3.18. The number of nitrogen functional groups attached to an aromatic ring is 1. The molecule has 0 unspecified atom stereocenters. The third-order valence-corrected chi connectivity index (χ3v) is 3.90. The van der Waals surface area contributed by atoms with Crippen LogP contribution in [0.4, 0.5) is 17.2 Å². The Bertz CT molecular complexity index is 1040. The molecule has 6 nitrogen and oxygen atoms in total. The molecule has 1 heterocycles. The molecule has 0 radical (unpaired) electrons. The average Bonchev–Trinajstić information content (AvgIpc) is 2.74. The Balaban J connectivity index is 1.47. The van der Waals surface area contributed by atoms with Gasteiger partial charge in [0.25, 0.3) is 0 Å². The molecular formula is C22H18N4O2. The average molecular weight is 370 g/mol. The van der Waals surface area contributed by atoms with Gasteiger partial charge in [0.1, 0.15) is 29.3 Å². The van der Waals surface area contributed by atoms with E-state index in [-0.39, 0.29) is 0 Å². The molecule has 6 heteroatoms. The molecule has 0 amide bonds. The minimum Gasteiger partial charge on any atom is -0.457 e. The number of rotatable bonds is 6. The van der Waals surface area contributed by atoms with E-state index in [0.717, 1.165) is 17.2 Å². The van der Waals surface area contributed by atoms with Crippen molar-refractivity contribution in [2.24, 2.45) is 0 Å². The maximum atomic E-state index is 6.17. The van der Waals surface area contributed by atoms with E-state index in [9.17, 15) is 0 Å². The first-order valence-electron chi connectivity index (χ1n) is 8.71. The number of nitrogens with two attached hydrogens (primary N) is 1. The highest BCUT2D eigenvalue weighted by atomic mass is 16.5. The van der Waals surface area contributed by atoms with E-state index in [2.05, 4.69) is 15.3 Å². The zero-order valence-corrected chi connectivity index (χ0v) is 14.9. The molecule has 138 valence electrons. The summed E-state index contributed by atoms with van der Waals surface area (Å²) in [7, 11) is 0. The van der Waals surface area contributed by atoms with E-state index in [1.54, 1.807) is 0 Å². The molecule has 28 heavy (non-hydrogen) atoms. The van der Waals surface area contributed by atoms with E-state index < -0.39 is 0 Å². The Morgan fingerprint density at radius 2 is 1.21 bits per heavy atom. The van der Waals surface area contributed by atoms with E-state index in [0.29, 0.717) is 23.1 Å². The molecule has 0 spiro atoms. The van der Waals surface area contributed by atoms with Gasteiger partial charge in [-0.25, -0.2) is 4.98 Å². The Labute approximate surface area is 162 Å². The van der Waals surface area contributed by atoms with Crippen molar-refractivity contribution >= 4 is 17.2 Å². The fraction of sp³-hybridized carbons (Fsp3) is 0. The minimum absolute atomic E-state index is 0.299. The number of hydrogen-bond donors (Lipinski definition) is 2. The monoisotopic (exact) mass is 370 g/mol. The lowest BCUT2D eigenvalue weighted by molar-refractivity contribution is 0.464. The van der Waals surface area contributed by atoms with Crippen LogP contribution in [0.1, 0.15) is 0 Å². The quantitative estimate of drug-likeness (QED) is 0.474. The van der Waals surface area contributed by atoms with Crippen LogP contribution in [0, 0.1) is 0 Å². The van der Waals surface area contributed by atoms with Crippen molar-refractivity contribution in [3.63, 3.8) is 0 Å². The molecule has 0 fully saturated rings. The lowest BCUT2D eigenvalue weighted by atomic mass is 10.3. The number of aromatic nitrogens is 2. The third kappa shape index (κ3) is 4.19. The molecule has 0 aliphatic carbocycles. The summed E-state index contributed by atoms with van der Waals surface area (Å²) < 4.78 is 11.5. The van der Waals surface area contributed by atoms with E-state index in [1.807, 2.05) is 84.9 Å². The lowest BCUT2D eigenvalue weighted by Crippen LogP contribution is -2.03. The van der Waals surface area contributed by atoms with Crippen molar-refractivity contribution in [1.29, 1.82) is 0 Å². The molecule has 0 aliphatic rings. The summed E-state index contributed by atoms with van der Waals surface area (Å²) in [4.78, 5) is 8.33. The Hall–Kier alpha value is -4.06. The van der Waals surface area contributed by atoms with Gasteiger partial charge in [-0.15, -0.1) is 0 Å². The van der Waals surface area contributed by atoms with Crippen LogP contribution in [-0.2, 0) is 0 Å². The number of nitrogens with one attached hydrogen (secondary N) is 1. The van der Waals surface area contributed by atoms with Crippen molar-refractivity contribution in [3.8, 4) is 23.1 Å². The number of nitrogens with zero attached hydrogens (tertiary/aromatic N) is 2. The van der Waals surface area contributed by atoms with E-state index in [1.165, 1.54) is 6.33 Å². The standard InChI is InChI=1S/C22H18N4O2/c23-20-21(24-15-25-22(20)28-18-9-5-2-6-10-18)26-16-11-13-19(14-12-16)27-17-7-3-1-4-8-17/h1-15H,23H2,(H,24,25,26). The van der Waals surface area contributed by atoms with Crippen molar-refractivity contribution in [1.82, 2.24) is 9.97 Å². The molecule has 0 saturated heterocycles. The SMILES string of the molecule is Nc1c(Nc2ccc(Oc3ccccc3)cc2)ncnc1Oc1ccccc1. The topological polar surface area (TPSA) is 82.3 Å². The summed E-state index contributed by atoms with van der Waals surface area (Å²) in [5.74, 6) is 2.94. The van der Waals surface area contributed by atoms with Gasteiger partial charge in [-0.2, -0.15) is 4.98 Å². The first-order valence-corrected chi connectivity index (χ1v) is 8.71. The Morgan fingerprint density at radius 1 is 0.643 bits per heavy atom.